The Morgan fingerprint density at radius 1 is 1.23 bits per heavy atom. The molecule has 7 heteroatoms. The highest BCUT2D eigenvalue weighted by Crippen LogP contribution is 2.26. The van der Waals surface area contributed by atoms with Gasteiger partial charge in [0.2, 0.25) is 0 Å². The highest BCUT2D eigenvalue weighted by atomic mass is 16.4. The van der Waals surface area contributed by atoms with E-state index in [9.17, 15) is 9.59 Å². The maximum Gasteiger partial charge on any atom is 0.323 e. The van der Waals surface area contributed by atoms with E-state index in [-0.39, 0.29) is 12.5 Å². The average Bonchev–Trinajstić information content (AvgIpc) is 3.23. The highest BCUT2D eigenvalue weighted by molar-refractivity contribution is 6.10. The Morgan fingerprint density at radius 2 is 2.08 bits per heavy atom. The number of aromatic nitrogens is 3. The number of carboxylic acid groups (broad SMARTS) is 1. The van der Waals surface area contributed by atoms with Crippen molar-refractivity contribution in [3.05, 3.63) is 60.0 Å². The summed E-state index contributed by atoms with van der Waals surface area (Å²) in [4.78, 5) is 31.1. The van der Waals surface area contributed by atoms with Gasteiger partial charge in [0, 0.05) is 29.4 Å². The number of benzene rings is 1. The van der Waals surface area contributed by atoms with Crippen LogP contribution in [0.25, 0.3) is 21.9 Å². The molecule has 26 heavy (non-hydrogen) atoms. The number of H-pyrrole nitrogens is 1. The summed E-state index contributed by atoms with van der Waals surface area (Å²) in [6.45, 7) is 1.75. The number of carboxylic acids is 1. The fraction of sp³-hybridized carbons (Fsp3) is 0.105. The molecule has 4 rings (SSSR count). The van der Waals surface area contributed by atoms with E-state index in [2.05, 4.69) is 15.3 Å². The summed E-state index contributed by atoms with van der Waals surface area (Å²) in [6.07, 6.45) is 5.05. The first-order valence-corrected chi connectivity index (χ1v) is 8.08. The maximum atomic E-state index is 12.8. The van der Waals surface area contributed by atoms with Crippen LogP contribution < -0.4 is 5.32 Å². The van der Waals surface area contributed by atoms with Crippen LogP contribution in [0.1, 0.15) is 15.9 Å². The fourth-order valence-electron chi connectivity index (χ4n) is 3.18. The van der Waals surface area contributed by atoms with E-state index in [1.165, 1.54) is 0 Å². The minimum atomic E-state index is -0.918. The molecule has 0 bridgehead atoms. The first kappa shape index (κ1) is 15.9. The van der Waals surface area contributed by atoms with Gasteiger partial charge in [-0.25, -0.2) is 4.98 Å². The van der Waals surface area contributed by atoms with Gasteiger partial charge in [0.15, 0.2) is 0 Å². The first-order valence-electron chi connectivity index (χ1n) is 8.08. The molecule has 3 heterocycles. The monoisotopic (exact) mass is 348 g/mol. The predicted octanol–water partition coefficient (Wildman–Crippen LogP) is 3.16. The van der Waals surface area contributed by atoms with Crippen molar-refractivity contribution in [3.8, 4) is 0 Å². The summed E-state index contributed by atoms with van der Waals surface area (Å²) in [5.74, 6) is -1.17. The van der Waals surface area contributed by atoms with Crippen molar-refractivity contribution in [2.24, 2.45) is 0 Å². The number of carbonyl (C=O) groups excluding carboxylic acids is 1. The molecule has 0 aliphatic carbocycles. The van der Waals surface area contributed by atoms with Crippen molar-refractivity contribution in [2.75, 3.05) is 5.32 Å². The number of aromatic amines is 1. The van der Waals surface area contributed by atoms with Crippen LogP contribution in [0.15, 0.2) is 48.9 Å². The van der Waals surface area contributed by atoms with Gasteiger partial charge in [0.25, 0.3) is 5.91 Å². The van der Waals surface area contributed by atoms with Crippen LogP contribution in [0.4, 0.5) is 5.69 Å². The molecule has 4 aromatic rings. The number of anilines is 1. The number of hydrogen-bond acceptors (Lipinski definition) is 3. The summed E-state index contributed by atoms with van der Waals surface area (Å²) < 4.78 is 1.63. The smallest absolute Gasteiger partial charge is 0.323 e. The number of rotatable bonds is 4. The van der Waals surface area contributed by atoms with Crippen molar-refractivity contribution in [3.63, 3.8) is 0 Å². The Labute approximate surface area is 148 Å². The van der Waals surface area contributed by atoms with Gasteiger partial charge in [-0.15, -0.1) is 0 Å². The van der Waals surface area contributed by atoms with E-state index < -0.39 is 5.97 Å². The quantitative estimate of drug-likeness (QED) is 0.527. The number of aliphatic carboxylic acids is 1. The molecule has 0 aliphatic rings. The minimum absolute atomic E-state index is 0.131. The average molecular weight is 348 g/mol. The van der Waals surface area contributed by atoms with Gasteiger partial charge in [0.1, 0.15) is 12.2 Å². The number of aryl methyl sites for hydroxylation is 1. The molecule has 0 unspecified atom stereocenters. The minimum Gasteiger partial charge on any atom is -0.480 e. The van der Waals surface area contributed by atoms with Gasteiger partial charge < -0.3 is 20.0 Å². The molecule has 0 saturated carbocycles. The Hall–Kier alpha value is -3.61. The Bertz CT molecular complexity index is 1160. The van der Waals surface area contributed by atoms with E-state index in [1.54, 1.807) is 41.4 Å². The molecule has 0 saturated heterocycles. The number of fused-ring (bicyclic) bond motifs is 2. The van der Waals surface area contributed by atoms with Crippen molar-refractivity contribution in [1.29, 1.82) is 0 Å². The van der Waals surface area contributed by atoms with Crippen molar-refractivity contribution < 1.29 is 14.7 Å². The standard InChI is InChI=1S/C19H16N4O3/c1-11-12-5-7-20-18(12)21-9-14(11)19(26)22-15-3-2-4-16-13(15)6-8-23(16)10-17(24)25/h2-9H,10H2,1H3,(H,20,21)(H,22,26)(H,24,25). The number of carbonyl (C=O) groups is 2. The molecule has 0 aliphatic heterocycles. The number of pyridine rings is 1. The lowest BCUT2D eigenvalue weighted by molar-refractivity contribution is -0.137. The molecule has 0 spiro atoms. The predicted molar refractivity (Wildman–Crippen MR) is 98.4 cm³/mol. The molecule has 0 fully saturated rings. The second-order valence-electron chi connectivity index (χ2n) is 6.07. The molecule has 1 aromatic carbocycles. The van der Waals surface area contributed by atoms with Gasteiger partial charge >= 0.3 is 5.97 Å². The van der Waals surface area contributed by atoms with Gasteiger partial charge in [0.05, 0.1) is 16.8 Å². The van der Waals surface area contributed by atoms with Crippen molar-refractivity contribution in [2.45, 2.75) is 13.5 Å². The number of nitrogens with zero attached hydrogens (tertiary/aromatic N) is 2. The van der Waals surface area contributed by atoms with Crippen LogP contribution >= 0.6 is 0 Å². The van der Waals surface area contributed by atoms with Crippen molar-refractivity contribution >= 4 is 39.5 Å². The first-order chi connectivity index (χ1) is 12.5. The van der Waals surface area contributed by atoms with E-state index in [0.717, 1.165) is 27.5 Å². The van der Waals surface area contributed by atoms with Crippen LogP contribution in [0.2, 0.25) is 0 Å². The molecule has 3 aromatic heterocycles. The Balaban J connectivity index is 1.70. The van der Waals surface area contributed by atoms with Crippen LogP contribution in [0.5, 0.6) is 0 Å². The zero-order chi connectivity index (χ0) is 18.3. The molecule has 1 amide bonds. The number of amides is 1. The molecular formula is C19H16N4O3. The summed E-state index contributed by atoms with van der Waals surface area (Å²) in [5.41, 5.74) is 3.47. The topological polar surface area (TPSA) is 100 Å². The summed E-state index contributed by atoms with van der Waals surface area (Å²) in [7, 11) is 0. The second-order valence-corrected chi connectivity index (χ2v) is 6.07. The second kappa shape index (κ2) is 6.03. The van der Waals surface area contributed by atoms with Crippen LogP contribution in [0, 0.1) is 6.92 Å². The lowest BCUT2D eigenvalue weighted by atomic mass is 10.1. The van der Waals surface area contributed by atoms with Crippen molar-refractivity contribution in [1.82, 2.24) is 14.5 Å². The molecule has 130 valence electrons. The lowest BCUT2D eigenvalue weighted by Crippen LogP contribution is -2.14. The molecule has 0 atom stereocenters. The maximum absolute atomic E-state index is 12.8. The van der Waals surface area contributed by atoms with E-state index in [4.69, 9.17) is 5.11 Å². The highest BCUT2D eigenvalue weighted by Gasteiger charge is 2.15. The Morgan fingerprint density at radius 3 is 2.88 bits per heavy atom. The summed E-state index contributed by atoms with van der Waals surface area (Å²) >= 11 is 0. The van der Waals surface area contributed by atoms with Gasteiger partial charge in [-0.1, -0.05) is 6.07 Å². The van der Waals surface area contributed by atoms with Gasteiger partial charge in [-0.3, -0.25) is 9.59 Å². The SMILES string of the molecule is Cc1c(C(=O)Nc2cccc3c2ccn3CC(=O)O)cnc2[nH]ccc12. The van der Waals surface area contributed by atoms with Gasteiger partial charge in [-0.05, 0) is 36.8 Å². The lowest BCUT2D eigenvalue weighted by Gasteiger charge is -2.10. The third-order valence-electron chi connectivity index (χ3n) is 4.47. The van der Waals surface area contributed by atoms with Gasteiger partial charge in [-0.2, -0.15) is 0 Å². The number of hydrogen-bond donors (Lipinski definition) is 3. The third kappa shape index (κ3) is 2.59. The normalized spacial score (nSPS) is 11.1. The Kier molecular flexibility index (Phi) is 3.69. The fourth-order valence-corrected chi connectivity index (χ4v) is 3.18. The largest absolute Gasteiger partial charge is 0.480 e. The zero-order valence-corrected chi connectivity index (χ0v) is 14.0. The molecule has 0 radical (unpaired) electrons. The van der Waals surface area contributed by atoms with Crippen LogP contribution in [0.3, 0.4) is 0 Å². The summed E-state index contributed by atoms with van der Waals surface area (Å²) in [6, 6.07) is 9.10. The van der Waals surface area contributed by atoms with E-state index in [1.807, 2.05) is 19.1 Å². The summed E-state index contributed by atoms with van der Waals surface area (Å²) in [5, 5.41) is 13.6. The number of nitrogens with one attached hydrogen (secondary N) is 2. The van der Waals surface area contributed by atoms with Crippen LogP contribution in [-0.4, -0.2) is 31.5 Å². The molecule has 3 N–H and O–H groups in total. The van der Waals surface area contributed by atoms with E-state index in [0.29, 0.717) is 11.3 Å². The molecular weight excluding hydrogens is 332 g/mol. The van der Waals surface area contributed by atoms with Crippen LogP contribution in [-0.2, 0) is 11.3 Å². The zero-order valence-electron chi connectivity index (χ0n) is 14.0. The molecule has 7 nitrogen and oxygen atoms in total. The third-order valence-corrected chi connectivity index (χ3v) is 4.47. The van der Waals surface area contributed by atoms with E-state index >= 15 is 0 Å².